The van der Waals surface area contributed by atoms with Crippen LogP contribution in [0.3, 0.4) is 0 Å². The maximum absolute atomic E-state index is 13.1. The lowest BCUT2D eigenvalue weighted by Gasteiger charge is -2.31. The molecule has 4 amide bonds. The average molecular weight is 1610 g/mol. The molecule has 0 radical (unpaired) electrons. The number of amidine groups is 1. The summed E-state index contributed by atoms with van der Waals surface area (Å²) in [6.07, 6.45) is 3.88. The lowest BCUT2D eigenvalue weighted by atomic mass is 10.1. The van der Waals surface area contributed by atoms with Crippen LogP contribution in [0, 0.1) is 5.41 Å². The smallest absolute Gasteiger partial charge is 0.276 e. The Balaban J connectivity index is 0.000000160. The molecule has 33 heteroatoms. The van der Waals surface area contributed by atoms with Gasteiger partial charge in [-0.2, -0.15) is 12.9 Å². The topological polar surface area (TPSA) is 368 Å². The van der Waals surface area contributed by atoms with Crippen LogP contribution in [0.5, 0.6) is 0 Å². The quantitative estimate of drug-likeness (QED) is 0.0200. The highest BCUT2D eigenvalue weighted by molar-refractivity contribution is 8.19. The van der Waals surface area contributed by atoms with E-state index in [1.807, 2.05) is 41.7 Å². The van der Waals surface area contributed by atoms with Crippen LogP contribution in [0.15, 0.2) is 211 Å². The summed E-state index contributed by atoms with van der Waals surface area (Å²) in [7, 11) is -11.3. The Morgan fingerprint density at radius 1 is 0.411 bits per heavy atom. The second-order valence-corrected chi connectivity index (χ2v) is 35.0. The number of anilines is 3. The number of nitrogens with two attached hydrogens (primary N) is 2. The van der Waals surface area contributed by atoms with Crippen LogP contribution in [0.1, 0.15) is 113 Å². The third kappa shape index (κ3) is 21.6. The van der Waals surface area contributed by atoms with Crippen molar-refractivity contribution in [3.05, 3.63) is 248 Å². The van der Waals surface area contributed by atoms with Crippen LogP contribution in [-0.2, 0) is 49.7 Å². The standard InChI is InChI=1S/C26H28ClN3O4S3.C24H26ClN5O4S.C24H25ClN4O5S/c27-20-5-1-18(2-6-20)25(31)28-17-23-9-10-24(34-23)37(32,33)30-13-11-22(12-14-30)29-21-7-3-19(4-8-21)26-35-15-16-36-26;25-18-6-4-16(5-7-18)24(31)28-15-21-8-9-22(34-21)35(32,33)30-12-10-19(11-13-30)29-20-3-1-2-17(14-20)23(26)27;25-18-5-1-17(2-6-18)24(31)27-15-21-9-10-22(34-21)35(32,33)29-13-11-20(12-14-29)28-19-7-3-16(4-8-19)23(26)30/h1-10,22,26,29H,11-17H2,(H,28,31);1-9,14,19,29H,10-13,15H2,(H3,26,27)(H,28,31);1-10,20,28H,11-15H2,(H2,26,30)(H,27,31). The first-order valence-electron chi connectivity index (χ1n) is 34.2. The summed E-state index contributed by atoms with van der Waals surface area (Å²) in [4.78, 5) is 48.0. The van der Waals surface area contributed by atoms with Gasteiger partial charge in [0.15, 0.2) is 0 Å². The molecular formula is C74H79Cl3N12O13S5. The van der Waals surface area contributed by atoms with E-state index < -0.39 is 36.0 Å². The van der Waals surface area contributed by atoms with Crippen LogP contribution in [0.2, 0.25) is 15.1 Å². The highest BCUT2D eigenvalue weighted by Crippen LogP contribution is 2.45. The molecule has 13 rings (SSSR count). The summed E-state index contributed by atoms with van der Waals surface area (Å²) in [5, 5.41) is 27.2. The lowest BCUT2D eigenvalue weighted by molar-refractivity contribution is 0.0939. The molecule has 4 saturated heterocycles. The van der Waals surface area contributed by atoms with Crippen molar-refractivity contribution >= 4 is 135 Å². The minimum absolute atomic E-state index is 0.00285. The summed E-state index contributed by atoms with van der Waals surface area (Å²) in [5.41, 5.74) is 17.3. The number of nitrogens with zero attached hydrogens (tertiary/aromatic N) is 3. The largest absolute Gasteiger partial charge is 0.446 e. The third-order valence-electron chi connectivity index (χ3n) is 17.9. The molecule has 4 fully saturated rings. The minimum atomic E-state index is -3.79. The second-order valence-electron chi connectivity index (χ2n) is 25.3. The fourth-order valence-corrected chi connectivity index (χ4v) is 19.4. The van der Waals surface area contributed by atoms with E-state index >= 15 is 0 Å². The highest BCUT2D eigenvalue weighted by Gasteiger charge is 2.35. The van der Waals surface area contributed by atoms with Gasteiger partial charge in [0.2, 0.25) is 21.2 Å². The van der Waals surface area contributed by atoms with Gasteiger partial charge in [-0.15, -0.1) is 23.5 Å². The molecule has 0 spiro atoms. The van der Waals surface area contributed by atoms with Crippen molar-refractivity contribution in [1.29, 1.82) is 5.41 Å². The maximum Gasteiger partial charge on any atom is 0.276 e. The fourth-order valence-electron chi connectivity index (χ4n) is 12.0. The van der Waals surface area contributed by atoms with E-state index in [1.165, 1.54) is 48.2 Å². The zero-order chi connectivity index (χ0) is 75.8. The predicted octanol–water partition coefficient (Wildman–Crippen LogP) is 12.2. The Bertz CT molecular complexity index is 4910. The molecular weight excluding hydrogens is 1530 g/mol. The molecule has 6 aromatic carbocycles. The fraction of sp³-hybridized carbons (Fsp3) is 0.284. The number of furan rings is 3. The molecule has 4 aliphatic rings. The van der Waals surface area contributed by atoms with Crippen molar-refractivity contribution in [2.75, 3.05) is 66.7 Å². The number of carbonyl (C=O) groups is 4. The SMILES string of the molecule is N=C(N)c1cccc(NC2CCN(S(=O)(=O)c3ccc(CNC(=O)c4ccc(Cl)cc4)o3)CC2)c1.NC(=O)c1ccc(NC2CCN(S(=O)(=O)c3ccc(CNC(=O)c4ccc(Cl)cc4)o3)CC2)cc1.O=C(NCc1ccc(S(=O)(=O)N2CCC(Nc3ccc(C4SCCS4)cc3)CC2)o1)c1ccc(Cl)cc1. The van der Waals surface area contributed by atoms with Crippen LogP contribution >= 0.6 is 58.3 Å². The Kier molecular flexibility index (Phi) is 27.0. The number of hydrogen-bond acceptors (Lipinski definition) is 19. The summed E-state index contributed by atoms with van der Waals surface area (Å²) in [5.74, 6) is 2.04. The molecule has 7 heterocycles. The van der Waals surface area contributed by atoms with Crippen molar-refractivity contribution < 1.29 is 57.7 Å². The Labute approximate surface area is 644 Å². The van der Waals surface area contributed by atoms with Gasteiger partial charge in [-0.25, -0.2) is 25.3 Å². The number of nitrogens with one attached hydrogen (secondary N) is 7. The van der Waals surface area contributed by atoms with Gasteiger partial charge in [0.05, 0.1) is 24.2 Å². The molecule has 25 nitrogen and oxygen atoms in total. The zero-order valence-corrected chi connectivity index (χ0v) is 64.0. The molecule has 0 bridgehead atoms. The number of sulfonamides is 3. The molecule has 0 aliphatic carbocycles. The predicted molar refractivity (Wildman–Crippen MR) is 417 cm³/mol. The van der Waals surface area contributed by atoms with Gasteiger partial charge in [0.1, 0.15) is 23.1 Å². The number of primary amides is 1. The first-order valence-corrected chi connectivity index (χ1v) is 41.7. The van der Waals surface area contributed by atoms with Crippen molar-refractivity contribution in [3.8, 4) is 0 Å². The van der Waals surface area contributed by atoms with Gasteiger partial charge < -0.3 is 56.6 Å². The minimum Gasteiger partial charge on any atom is -0.446 e. The molecule has 564 valence electrons. The summed E-state index contributed by atoms with van der Waals surface area (Å²) in [6, 6.07) is 51.5. The van der Waals surface area contributed by atoms with Crippen molar-refractivity contribution in [2.24, 2.45) is 11.5 Å². The molecule has 9 aromatic rings. The monoisotopic (exact) mass is 1610 g/mol. The van der Waals surface area contributed by atoms with Crippen LogP contribution in [-0.4, -0.2) is 137 Å². The molecule has 0 atom stereocenters. The molecule has 0 saturated carbocycles. The molecule has 3 aromatic heterocycles. The number of piperidine rings is 3. The van der Waals surface area contributed by atoms with E-state index in [1.54, 1.807) is 121 Å². The Hall–Kier alpha value is -8.79. The van der Waals surface area contributed by atoms with Gasteiger partial charge in [-0.05, 0) is 202 Å². The number of carbonyl (C=O) groups excluding carboxylic acids is 4. The van der Waals surface area contributed by atoms with Crippen LogP contribution in [0.4, 0.5) is 17.1 Å². The van der Waals surface area contributed by atoms with Gasteiger partial charge >= 0.3 is 0 Å². The number of hydrogen-bond donors (Lipinski definition) is 9. The first-order chi connectivity index (χ1) is 51.3. The van der Waals surface area contributed by atoms with Crippen LogP contribution in [0.25, 0.3) is 0 Å². The average Bonchev–Trinajstić information content (AvgIpc) is 1.71. The van der Waals surface area contributed by atoms with E-state index in [9.17, 15) is 44.4 Å². The Morgan fingerprint density at radius 2 is 0.729 bits per heavy atom. The van der Waals surface area contributed by atoms with Crippen molar-refractivity contribution in [1.82, 2.24) is 28.9 Å². The summed E-state index contributed by atoms with van der Waals surface area (Å²) >= 11 is 21.5. The van der Waals surface area contributed by atoms with E-state index in [4.69, 9.17) is 64.9 Å². The highest BCUT2D eigenvalue weighted by atomic mass is 35.5. The second kappa shape index (κ2) is 36.4. The van der Waals surface area contributed by atoms with Crippen molar-refractivity contribution in [2.45, 2.75) is 96.1 Å². The lowest BCUT2D eigenvalue weighted by Crippen LogP contribution is -2.42. The number of nitrogen functional groups attached to an aromatic ring is 1. The third-order valence-corrected chi connectivity index (χ3v) is 27.1. The van der Waals surface area contributed by atoms with Gasteiger partial charge in [0.25, 0.3) is 47.8 Å². The van der Waals surface area contributed by atoms with E-state index in [2.05, 4.69) is 56.2 Å². The number of benzene rings is 6. The van der Waals surface area contributed by atoms with E-state index in [-0.39, 0.29) is 76.6 Å². The van der Waals surface area contributed by atoms with E-state index in [0.717, 1.165) is 17.1 Å². The maximum atomic E-state index is 13.1. The number of rotatable bonds is 24. The Morgan fingerprint density at radius 3 is 1.06 bits per heavy atom. The van der Waals surface area contributed by atoms with E-state index in [0.29, 0.717) is 143 Å². The van der Waals surface area contributed by atoms with Crippen LogP contribution < -0.4 is 43.4 Å². The first kappa shape index (κ1) is 79.3. The summed E-state index contributed by atoms with van der Waals surface area (Å²) < 4.78 is 99.9. The molecule has 0 unspecified atom stereocenters. The number of thioether (sulfide) groups is 2. The van der Waals surface area contributed by atoms with Gasteiger partial charge in [-0.1, -0.05) is 59.1 Å². The van der Waals surface area contributed by atoms with Gasteiger partial charge in [-0.3, -0.25) is 24.6 Å². The summed E-state index contributed by atoms with van der Waals surface area (Å²) in [6.45, 7) is 2.38. The number of amides is 4. The van der Waals surface area contributed by atoms with Gasteiger partial charge in [0, 0.05) is 129 Å². The molecule has 4 aliphatic heterocycles. The molecule has 107 heavy (non-hydrogen) atoms. The normalized spacial score (nSPS) is 15.9. The molecule has 11 N–H and O–H groups in total. The zero-order valence-electron chi connectivity index (χ0n) is 57.6. The number of halogens is 3. The van der Waals surface area contributed by atoms with Crippen molar-refractivity contribution in [3.63, 3.8) is 0 Å².